The lowest BCUT2D eigenvalue weighted by atomic mass is 9.96. The predicted molar refractivity (Wildman–Crippen MR) is 107 cm³/mol. The fraction of sp³-hybridized carbons (Fsp3) is 0.333. The molecule has 0 unspecified atom stereocenters. The summed E-state index contributed by atoms with van der Waals surface area (Å²) < 4.78 is 5.42. The molecule has 0 aliphatic rings. The molecule has 0 bridgehead atoms. The number of ether oxygens (including phenoxy) is 1. The minimum Gasteiger partial charge on any atom is -0.484 e. The van der Waals surface area contributed by atoms with Crippen molar-refractivity contribution in [2.75, 3.05) is 26.0 Å². The van der Waals surface area contributed by atoms with E-state index in [1.165, 1.54) is 4.90 Å². The molecule has 0 fully saturated rings. The Kier molecular flexibility index (Phi) is 7.23. The molecule has 0 aromatic heterocycles. The summed E-state index contributed by atoms with van der Waals surface area (Å²) in [7, 11) is 3.36. The smallest absolute Gasteiger partial charge is 0.319 e. The minimum atomic E-state index is -0.269. The van der Waals surface area contributed by atoms with E-state index >= 15 is 0 Å². The molecular formula is C21H27N3O3. The SMILES string of the molecule is CC(C)[C@H](NC(=O)Nc1ccc(OCC(=O)N(C)C)cc1)c1ccccc1. The van der Waals surface area contributed by atoms with Crippen LogP contribution in [0.1, 0.15) is 25.5 Å². The fourth-order valence-electron chi connectivity index (χ4n) is 2.51. The van der Waals surface area contributed by atoms with Crippen LogP contribution in [0, 0.1) is 5.92 Å². The van der Waals surface area contributed by atoms with Gasteiger partial charge in [0.1, 0.15) is 5.75 Å². The van der Waals surface area contributed by atoms with Gasteiger partial charge in [-0.05, 0) is 35.7 Å². The first-order valence-electron chi connectivity index (χ1n) is 8.92. The van der Waals surface area contributed by atoms with Crippen LogP contribution in [0.25, 0.3) is 0 Å². The highest BCUT2D eigenvalue weighted by Gasteiger charge is 2.18. The molecule has 144 valence electrons. The molecular weight excluding hydrogens is 342 g/mol. The molecule has 2 aromatic rings. The van der Waals surface area contributed by atoms with E-state index in [9.17, 15) is 9.59 Å². The third-order valence-corrected chi connectivity index (χ3v) is 4.09. The van der Waals surface area contributed by atoms with Crippen molar-refractivity contribution in [2.24, 2.45) is 5.92 Å². The highest BCUT2D eigenvalue weighted by atomic mass is 16.5. The number of anilines is 1. The number of rotatable bonds is 7. The maximum Gasteiger partial charge on any atom is 0.319 e. The number of likely N-dealkylation sites (N-methyl/N-ethyl adjacent to an activating group) is 1. The third kappa shape index (κ3) is 6.33. The van der Waals surface area contributed by atoms with E-state index in [0.29, 0.717) is 11.4 Å². The number of urea groups is 1. The van der Waals surface area contributed by atoms with Crippen molar-refractivity contribution in [3.8, 4) is 5.75 Å². The molecule has 6 nitrogen and oxygen atoms in total. The maximum atomic E-state index is 12.4. The van der Waals surface area contributed by atoms with Gasteiger partial charge < -0.3 is 20.3 Å². The fourth-order valence-corrected chi connectivity index (χ4v) is 2.51. The van der Waals surface area contributed by atoms with Gasteiger partial charge in [0, 0.05) is 19.8 Å². The number of nitrogens with zero attached hydrogens (tertiary/aromatic N) is 1. The van der Waals surface area contributed by atoms with Crippen molar-refractivity contribution in [2.45, 2.75) is 19.9 Å². The van der Waals surface area contributed by atoms with Gasteiger partial charge in [0.15, 0.2) is 6.61 Å². The normalized spacial score (nSPS) is 11.6. The predicted octanol–water partition coefficient (Wildman–Crippen LogP) is 3.67. The van der Waals surface area contributed by atoms with Gasteiger partial charge in [-0.15, -0.1) is 0 Å². The van der Waals surface area contributed by atoms with E-state index in [2.05, 4.69) is 24.5 Å². The second-order valence-electron chi connectivity index (χ2n) is 6.83. The Bertz CT molecular complexity index is 743. The van der Waals surface area contributed by atoms with Crippen LogP contribution >= 0.6 is 0 Å². The van der Waals surface area contributed by atoms with Crippen LogP contribution in [-0.4, -0.2) is 37.5 Å². The number of carbonyl (C=O) groups is 2. The Morgan fingerprint density at radius 2 is 1.63 bits per heavy atom. The zero-order chi connectivity index (χ0) is 19.8. The van der Waals surface area contributed by atoms with Crippen LogP contribution in [0.15, 0.2) is 54.6 Å². The van der Waals surface area contributed by atoms with Crippen molar-refractivity contribution in [3.05, 3.63) is 60.2 Å². The molecule has 1 atom stereocenters. The summed E-state index contributed by atoms with van der Waals surface area (Å²) in [6, 6.07) is 16.5. The van der Waals surface area contributed by atoms with Gasteiger partial charge in [-0.1, -0.05) is 44.2 Å². The summed E-state index contributed by atoms with van der Waals surface area (Å²) in [5.41, 5.74) is 1.71. The minimum absolute atomic E-state index is 0.0204. The average molecular weight is 369 g/mol. The highest BCUT2D eigenvalue weighted by Crippen LogP contribution is 2.22. The zero-order valence-electron chi connectivity index (χ0n) is 16.2. The molecule has 6 heteroatoms. The largest absolute Gasteiger partial charge is 0.484 e. The van der Waals surface area contributed by atoms with E-state index < -0.39 is 0 Å². The number of benzene rings is 2. The van der Waals surface area contributed by atoms with E-state index in [1.807, 2.05) is 30.3 Å². The molecule has 27 heavy (non-hydrogen) atoms. The van der Waals surface area contributed by atoms with Crippen LogP contribution in [0.4, 0.5) is 10.5 Å². The second-order valence-corrected chi connectivity index (χ2v) is 6.83. The molecule has 0 heterocycles. The summed E-state index contributed by atoms with van der Waals surface area (Å²) in [5, 5.41) is 5.84. The molecule has 0 spiro atoms. The number of hydrogen-bond acceptors (Lipinski definition) is 3. The molecule has 0 saturated carbocycles. The Balaban J connectivity index is 1.92. The number of amides is 3. The van der Waals surface area contributed by atoms with Gasteiger partial charge in [-0.3, -0.25) is 4.79 Å². The summed E-state index contributed by atoms with van der Waals surface area (Å²) in [6.45, 7) is 4.12. The Morgan fingerprint density at radius 3 is 2.19 bits per heavy atom. The van der Waals surface area contributed by atoms with E-state index in [-0.39, 0.29) is 30.5 Å². The summed E-state index contributed by atoms with van der Waals surface area (Å²) in [5.74, 6) is 0.709. The van der Waals surface area contributed by atoms with E-state index in [1.54, 1.807) is 38.4 Å². The van der Waals surface area contributed by atoms with E-state index in [4.69, 9.17) is 4.74 Å². The van der Waals surface area contributed by atoms with Crippen LogP contribution in [0.5, 0.6) is 5.75 Å². The maximum absolute atomic E-state index is 12.4. The molecule has 0 aliphatic heterocycles. The van der Waals surface area contributed by atoms with Gasteiger partial charge in [-0.25, -0.2) is 4.79 Å². The summed E-state index contributed by atoms with van der Waals surface area (Å²) in [4.78, 5) is 25.4. The van der Waals surface area contributed by atoms with Gasteiger partial charge in [0.2, 0.25) is 0 Å². The molecule has 3 amide bonds. The Morgan fingerprint density at radius 1 is 1.00 bits per heavy atom. The number of hydrogen-bond donors (Lipinski definition) is 2. The number of carbonyl (C=O) groups excluding carboxylic acids is 2. The average Bonchev–Trinajstić information content (AvgIpc) is 2.65. The van der Waals surface area contributed by atoms with Gasteiger partial charge in [0.05, 0.1) is 6.04 Å². The van der Waals surface area contributed by atoms with Crippen LogP contribution < -0.4 is 15.4 Å². The van der Waals surface area contributed by atoms with E-state index in [0.717, 1.165) is 5.56 Å². The Labute approximate surface area is 160 Å². The van der Waals surface area contributed by atoms with Crippen molar-refractivity contribution in [1.29, 1.82) is 0 Å². The zero-order valence-corrected chi connectivity index (χ0v) is 16.2. The van der Waals surface area contributed by atoms with Gasteiger partial charge in [0.25, 0.3) is 5.91 Å². The lowest BCUT2D eigenvalue weighted by Gasteiger charge is -2.23. The highest BCUT2D eigenvalue weighted by molar-refractivity contribution is 5.89. The lowest BCUT2D eigenvalue weighted by Crippen LogP contribution is -2.35. The van der Waals surface area contributed by atoms with Crippen molar-refractivity contribution in [1.82, 2.24) is 10.2 Å². The van der Waals surface area contributed by atoms with Crippen molar-refractivity contribution >= 4 is 17.6 Å². The summed E-state index contributed by atoms with van der Waals surface area (Å²) >= 11 is 0. The third-order valence-electron chi connectivity index (χ3n) is 4.09. The van der Waals surface area contributed by atoms with Crippen LogP contribution in [-0.2, 0) is 4.79 Å². The lowest BCUT2D eigenvalue weighted by molar-refractivity contribution is -0.130. The molecule has 0 saturated heterocycles. The Hall–Kier alpha value is -3.02. The first-order valence-corrected chi connectivity index (χ1v) is 8.92. The summed E-state index contributed by atoms with van der Waals surface area (Å²) in [6.07, 6.45) is 0. The number of nitrogens with one attached hydrogen (secondary N) is 2. The molecule has 2 aromatic carbocycles. The van der Waals surface area contributed by atoms with Crippen molar-refractivity contribution in [3.63, 3.8) is 0 Å². The first-order chi connectivity index (χ1) is 12.9. The topological polar surface area (TPSA) is 70.7 Å². The quantitative estimate of drug-likeness (QED) is 0.782. The standard InChI is InChI=1S/C21H27N3O3/c1-15(2)20(16-8-6-5-7-9-16)23-21(26)22-17-10-12-18(13-11-17)27-14-19(25)24(3)4/h5-13,15,20H,14H2,1-4H3,(H2,22,23,26)/t20-/m0/s1. The first kappa shape index (κ1) is 20.3. The van der Waals surface area contributed by atoms with Crippen molar-refractivity contribution < 1.29 is 14.3 Å². The molecule has 2 rings (SSSR count). The van der Waals surface area contributed by atoms with Crippen LogP contribution in [0.2, 0.25) is 0 Å². The molecule has 0 radical (unpaired) electrons. The van der Waals surface area contributed by atoms with Gasteiger partial charge in [-0.2, -0.15) is 0 Å². The second kappa shape index (κ2) is 9.62. The monoisotopic (exact) mass is 369 g/mol. The molecule has 0 aliphatic carbocycles. The van der Waals surface area contributed by atoms with Crippen LogP contribution in [0.3, 0.4) is 0 Å². The molecule has 2 N–H and O–H groups in total. The van der Waals surface area contributed by atoms with Gasteiger partial charge >= 0.3 is 6.03 Å².